The molecule has 114 valence electrons. The summed E-state index contributed by atoms with van der Waals surface area (Å²) in [5.41, 5.74) is 0.718. The highest BCUT2D eigenvalue weighted by molar-refractivity contribution is 4.91. The van der Waals surface area contributed by atoms with Crippen LogP contribution in [0.4, 0.5) is 0 Å². The summed E-state index contributed by atoms with van der Waals surface area (Å²) in [6.45, 7) is 17.7. The van der Waals surface area contributed by atoms with Crippen LogP contribution >= 0.6 is 0 Å². The Morgan fingerprint density at radius 3 is 1.79 bits per heavy atom. The fourth-order valence-electron chi connectivity index (χ4n) is 3.58. The van der Waals surface area contributed by atoms with Gasteiger partial charge >= 0.3 is 0 Å². The molecule has 2 aliphatic rings. The third kappa shape index (κ3) is 4.75. The fourth-order valence-corrected chi connectivity index (χ4v) is 3.58. The van der Waals surface area contributed by atoms with Crippen LogP contribution in [0.3, 0.4) is 0 Å². The SMILES string of the molecule is CC.CCCN1CCC2(CC1)CCN(C(C)C)CC2. The van der Waals surface area contributed by atoms with Gasteiger partial charge in [0.2, 0.25) is 0 Å². The van der Waals surface area contributed by atoms with E-state index in [1.165, 1.54) is 64.8 Å². The molecule has 0 radical (unpaired) electrons. The zero-order valence-electron chi connectivity index (χ0n) is 14.0. The average Bonchev–Trinajstić information content (AvgIpc) is 2.45. The van der Waals surface area contributed by atoms with Crippen LogP contribution < -0.4 is 0 Å². The van der Waals surface area contributed by atoms with E-state index in [0.717, 1.165) is 11.5 Å². The van der Waals surface area contributed by atoms with Crippen LogP contribution in [0.2, 0.25) is 0 Å². The third-order valence-corrected chi connectivity index (χ3v) is 5.05. The van der Waals surface area contributed by atoms with Gasteiger partial charge in [0.25, 0.3) is 0 Å². The monoisotopic (exact) mass is 268 g/mol. The summed E-state index contributed by atoms with van der Waals surface area (Å²) >= 11 is 0. The summed E-state index contributed by atoms with van der Waals surface area (Å²) in [4.78, 5) is 5.32. The topological polar surface area (TPSA) is 6.48 Å². The zero-order chi connectivity index (χ0) is 14.3. The highest BCUT2D eigenvalue weighted by atomic mass is 15.2. The van der Waals surface area contributed by atoms with E-state index in [0.29, 0.717) is 0 Å². The Morgan fingerprint density at radius 1 is 0.895 bits per heavy atom. The van der Waals surface area contributed by atoms with Crippen LogP contribution in [0.1, 0.15) is 66.7 Å². The number of likely N-dealkylation sites (tertiary alicyclic amines) is 2. The quantitative estimate of drug-likeness (QED) is 0.763. The lowest BCUT2D eigenvalue weighted by molar-refractivity contribution is 0.0252. The summed E-state index contributed by atoms with van der Waals surface area (Å²) in [7, 11) is 0. The summed E-state index contributed by atoms with van der Waals surface area (Å²) in [5.74, 6) is 0. The maximum absolute atomic E-state index is 2.67. The van der Waals surface area contributed by atoms with Crippen molar-refractivity contribution < 1.29 is 0 Å². The van der Waals surface area contributed by atoms with Gasteiger partial charge < -0.3 is 9.80 Å². The molecule has 0 aliphatic carbocycles. The van der Waals surface area contributed by atoms with Gasteiger partial charge in [-0.1, -0.05) is 20.8 Å². The number of nitrogens with zero attached hydrogens (tertiary/aromatic N) is 2. The third-order valence-electron chi connectivity index (χ3n) is 5.05. The lowest BCUT2D eigenvalue weighted by atomic mass is 9.71. The van der Waals surface area contributed by atoms with Crippen LogP contribution in [0.5, 0.6) is 0 Å². The van der Waals surface area contributed by atoms with E-state index >= 15 is 0 Å². The van der Waals surface area contributed by atoms with E-state index in [2.05, 4.69) is 30.6 Å². The van der Waals surface area contributed by atoms with Gasteiger partial charge in [0.15, 0.2) is 0 Å². The van der Waals surface area contributed by atoms with Gasteiger partial charge in [0.05, 0.1) is 0 Å². The molecule has 0 unspecified atom stereocenters. The molecule has 1 spiro atoms. The minimum absolute atomic E-state index is 0.718. The number of hydrogen-bond donors (Lipinski definition) is 0. The molecule has 0 amide bonds. The van der Waals surface area contributed by atoms with Crippen LogP contribution in [-0.2, 0) is 0 Å². The summed E-state index contributed by atoms with van der Waals surface area (Å²) in [5, 5.41) is 0. The predicted molar refractivity (Wildman–Crippen MR) is 85.7 cm³/mol. The van der Waals surface area contributed by atoms with E-state index in [4.69, 9.17) is 0 Å². The summed E-state index contributed by atoms with van der Waals surface area (Å²) < 4.78 is 0. The lowest BCUT2D eigenvalue weighted by Gasteiger charge is -2.47. The Hall–Kier alpha value is -0.0800. The van der Waals surface area contributed by atoms with E-state index in [1.807, 2.05) is 13.8 Å². The molecular weight excluding hydrogens is 232 g/mol. The van der Waals surface area contributed by atoms with Gasteiger partial charge in [-0.3, -0.25) is 0 Å². The Morgan fingerprint density at radius 2 is 1.37 bits per heavy atom. The number of piperidine rings is 2. The Labute approximate surface area is 121 Å². The molecule has 19 heavy (non-hydrogen) atoms. The molecule has 0 aromatic carbocycles. The Bertz CT molecular complexity index is 219. The standard InChI is InChI=1S/C15H30N2.C2H6/c1-4-9-16-10-5-15(6-11-16)7-12-17(13-8-15)14(2)3;1-2/h14H,4-13H2,1-3H3;1-2H3. The van der Waals surface area contributed by atoms with Gasteiger partial charge in [-0.05, 0) is 84.1 Å². The zero-order valence-corrected chi connectivity index (χ0v) is 14.0. The van der Waals surface area contributed by atoms with E-state index in [9.17, 15) is 0 Å². The minimum atomic E-state index is 0.718. The van der Waals surface area contributed by atoms with Crippen molar-refractivity contribution in [3.63, 3.8) is 0 Å². The molecule has 0 aromatic rings. The molecule has 0 bridgehead atoms. The van der Waals surface area contributed by atoms with Gasteiger partial charge in [0, 0.05) is 6.04 Å². The first-order valence-electron chi connectivity index (χ1n) is 8.62. The highest BCUT2D eigenvalue weighted by Crippen LogP contribution is 2.41. The average molecular weight is 268 g/mol. The van der Waals surface area contributed by atoms with Crippen LogP contribution in [0.25, 0.3) is 0 Å². The van der Waals surface area contributed by atoms with Crippen LogP contribution in [0.15, 0.2) is 0 Å². The van der Waals surface area contributed by atoms with Gasteiger partial charge in [0.1, 0.15) is 0 Å². The molecule has 0 aromatic heterocycles. The van der Waals surface area contributed by atoms with Crippen molar-refractivity contribution in [3.8, 4) is 0 Å². The first-order chi connectivity index (χ1) is 9.15. The Kier molecular flexibility index (Phi) is 7.38. The second-order valence-corrected chi connectivity index (χ2v) is 6.47. The van der Waals surface area contributed by atoms with Gasteiger partial charge in [-0.25, -0.2) is 0 Å². The molecule has 2 saturated heterocycles. The lowest BCUT2D eigenvalue weighted by Crippen LogP contribution is -2.48. The van der Waals surface area contributed by atoms with Crippen molar-refractivity contribution in [3.05, 3.63) is 0 Å². The minimum Gasteiger partial charge on any atom is -0.303 e. The van der Waals surface area contributed by atoms with Crippen molar-refractivity contribution in [2.75, 3.05) is 32.7 Å². The first kappa shape index (κ1) is 17.0. The fraction of sp³-hybridized carbons (Fsp3) is 1.00. The van der Waals surface area contributed by atoms with Crippen LogP contribution in [-0.4, -0.2) is 48.6 Å². The molecule has 2 heterocycles. The van der Waals surface area contributed by atoms with E-state index in [1.54, 1.807) is 0 Å². The van der Waals surface area contributed by atoms with Crippen molar-refractivity contribution in [2.24, 2.45) is 5.41 Å². The predicted octanol–water partition coefficient (Wildman–Crippen LogP) is 4.01. The molecule has 0 N–H and O–H groups in total. The largest absolute Gasteiger partial charge is 0.303 e. The maximum Gasteiger partial charge on any atom is 0.00385 e. The maximum atomic E-state index is 2.67. The molecular formula is C17H36N2. The molecule has 2 heteroatoms. The molecule has 2 rings (SSSR count). The first-order valence-corrected chi connectivity index (χ1v) is 8.62. The van der Waals surface area contributed by atoms with Crippen molar-refractivity contribution in [1.29, 1.82) is 0 Å². The molecule has 2 nitrogen and oxygen atoms in total. The van der Waals surface area contributed by atoms with Crippen molar-refractivity contribution in [1.82, 2.24) is 9.80 Å². The molecule has 2 fully saturated rings. The second kappa shape index (κ2) is 8.26. The van der Waals surface area contributed by atoms with Crippen molar-refractivity contribution >= 4 is 0 Å². The van der Waals surface area contributed by atoms with E-state index < -0.39 is 0 Å². The molecule has 2 aliphatic heterocycles. The smallest absolute Gasteiger partial charge is 0.00385 e. The Balaban J connectivity index is 0.000000861. The molecule has 0 saturated carbocycles. The van der Waals surface area contributed by atoms with Crippen LogP contribution in [0, 0.1) is 5.41 Å². The van der Waals surface area contributed by atoms with Gasteiger partial charge in [-0.2, -0.15) is 0 Å². The van der Waals surface area contributed by atoms with Gasteiger partial charge in [-0.15, -0.1) is 0 Å². The second-order valence-electron chi connectivity index (χ2n) is 6.47. The summed E-state index contributed by atoms with van der Waals surface area (Å²) in [6, 6.07) is 0.743. The molecule has 0 atom stereocenters. The van der Waals surface area contributed by atoms with E-state index in [-0.39, 0.29) is 0 Å². The number of rotatable bonds is 3. The number of hydrogen-bond acceptors (Lipinski definition) is 2. The highest BCUT2D eigenvalue weighted by Gasteiger charge is 2.37. The van der Waals surface area contributed by atoms with Crippen molar-refractivity contribution in [2.45, 2.75) is 72.8 Å². The normalized spacial score (nSPS) is 24.3. The summed E-state index contributed by atoms with van der Waals surface area (Å²) in [6.07, 6.45) is 7.13.